The van der Waals surface area contributed by atoms with Crippen LogP contribution in [0.15, 0.2) is 18.5 Å². The van der Waals surface area contributed by atoms with E-state index in [4.69, 9.17) is 9.53 Å². The lowest BCUT2D eigenvalue weighted by molar-refractivity contribution is 0.0695. The van der Waals surface area contributed by atoms with Crippen LogP contribution in [0, 0.1) is 0 Å². The van der Waals surface area contributed by atoms with Crippen molar-refractivity contribution in [3.8, 4) is 0 Å². The van der Waals surface area contributed by atoms with Crippen LogP contribution in [0.3, 0.4) is 0 Å². The van der Waals surface area contributed by atoms with Gasteiger partial charge in [-0.05, 0) is 42.6 Å². The summed E-state index contributed by atoms with van der Waals surface area (Å²) < 4.78 is 6.09. The van der Waals surface area contributed by atoms with Crippen LogP contribution in [0.2, 0.25) is 18.1 Å². The van der Waals surface area contributed by atoms with Crippen molar-refractivity contribution in [3.05, 3.63) is 29.6 Å². The minimum atomic E-state index is -1.71. The fourth-order valence-electron chi connectivity index (χ4n) is 1.64. The maximum absolute atomic E-state index is 11.1. The molecular formula is C15H25NO3Si. The molecule has 0 amide bonds. The molecule has 5 heteroatoms. The molecule has 4 nitrogen and oxygen atoms in total. The zero-order chi connectivity index (χ0) is 15.4. The normalized spacial score (nSPS) is 12.4. The van der Waals surface area contributed by atoms with Gasteiger partial charge in [-0.1, -0.05) is 20.8 Å². The van der Waals surface area contributed by atoms with Crippen LogP contribution < -0.4 is 0 Å². The summed E-state index contributed by atoms with van der Waals surface area (Å²) in [6.45, 7) is 11.8. The number of hydrogen-bond acceptors (Lipinski definition) is 3. The number of carboxylic acid groups (broad SMARTS) is 1. The SMILES string of the molecule is CC(C)(C)[Si](C)(C)OCCCc1ccncc1C(=O)O. The van der Waals surface area contributed by atoms with Crippen LogP contribution in [0.5, 0.6) is 0 Å². The van der Waals surface area contributed by atoms with Crippen LogP contribution in [0.25, 0.3) is 0 Å². The highest BCUT2D eigenvalue weighted by atomic mass is 28.4. The summed E-state index contributed by atoms with van der Waals surface area (Å²) in [4.78, 5) is 14.9. The Morgan fingerprint density at radius 1 is 1.40 bits per heavy atom. The van der Waals surface area contributed by atoms with E-state index in [1.165, 1.54) is 6.20 Å². The van der Waals surface area contributed by atoms with Gasteiger partial charge in [-0.2, -0.15) is 0 Å². The summed E-state index contributed by atoms with van der Waals surface area (Å²) in [7, 11) is -1.71. The van der Waals surface area contributed by atoms with Crippen molar-refractivity contribution in [3.63, 3.8) is 0 Å². The summed E-state index contributed by atoms with van der Waals surface area (Å²) in [5.74, 6) is -0.918. The third kappa shape index (κ3) is 4.42. The number of nitrogens with zero attached hydrogens (tertiary/aromatic N) is 1. The van der Waals surface area contributed by atoms with Crippen LogP contribution in [-0.2, 0) is 10.8 Å². The third-order valence-electron chi connectivity index (χ3n) is 4.00. The lowest BCUT2D eigenvalue weighted by atomic mass is 10.1. The summed E-state index contributed by atoms with van der Waals surface area (Å²) in [5.41, 5.74) is 1.12. The molecule has 0 aliphatic heterocycles. The Labute approximate surface area is 122 Å². The van der Waals surface area contributed by atoms with Gasteiger partial charge in [0.2, 0.25) is 0 Å². The van der Waals surface area contributed by atoms with Crippen LogP contribution >= 0.6 is 0 Å². The van der Waals surface area contributed by atoms with Crippen molar-refractivity contribution < 1.29 is 14.3 Å². The molecule has 20 heavy (non-hydrogen) atoms. The molecule has 1 N–H and O–H groups in total. The van der Waals surface area contributed by atoms with Crippen molar-refractivity contribution >= 4 is 14.3 Å². The van der Waals surface area contributed by atoms with Crippen molar-refractivity contribution in [2.24, 2.45) is 0 Å². The molecule has 0 aliphatic carbocycles. The van der Waals surface area contributed by atoms with E-state index in [0.29, 0.717) is 18.6 Å². The number of rotatable bonds is 6. The molecule has 0 saturated carbocycles. The van der Waals surface area contributed by atoms with Crippen LogP contribution in [0.1, 0.15) is 43.1 Å². The van der Waals surface area contributed by atoms with Crippen molar-refractivity contribution in [2.75, 3.05) is 6.61 Å². The number of aromatic carboxylic acids is 1. The number of aromatic nitrogens is 1. The van der Waals surface area contributed by atoms with Gasteiger partial charge in [0.1, 0.15) is 0 Å². The van der Waals surface area contributed by atoms with Crippen molar-refractivity contribution in [1.82, 2.24) is 4.98 Å². The van der Waals surface area contributed by atoms with E-state index in [0.717, 1.165) is 12.0 Å². The monoisotopic (exact) mass is 295 g/mol. The predicted molar refractivity (Wildman–Crippen MR) is 82.7 cm³/mol. The molecule has 112 valence electrons. The van der Waals surface area contributed by atoms with Crippen LogP contribution in [-0.4, -0.2) is 31.0 Å². The van der Waals surface area contributed by atoms with Gasteiger partial charge in [-0.3, -0.25) is 4.98 Å². The maximum Gasteiger partial charge on any atom is 0.337 e. The molecule has 0 aliphatic rings. The molecule has 1 aromatic rings. The first-order valence-electron chi connectivity index (χ1n) is 6.95. The molecule has 0 aromatic carbocycles. The van der Waals surface area contributed by atoms with Gasteiger partial charge >= 0.3 is 5.97 Å². The van der Waals surface area contributed by atoms with Gasteiger partial charge in [0.15, 0.2) is 8.32 Å². The average Bonchev–Trinajstić information content (AvgIpc) is 2.33. The fraction of sp³-hybridized carbons (Fsp3) is 0.600. The molecule has 0 radical (unpaired) electrons. The standard InChI is InChI=1S/C15H25NO3Si/c1-15(2,3)20(4,5)19-10-6-7-12-8-9-16-11-13(12)14(17)18/h8-9,11H,6-7,10H2,1-5H3,(H,17,18). The van der Waals surface area contributed by atoms with Gasteiger partial charge in [-0.25, -0.2) is 4.79 Å². The number of carbonyl (C=O) groups is 1. The van der Waals surface area contributed by atoms with E-state index in [1.54, 1.807) is 12.3 Å². The van der Waals surface area contributed by atoms with Crippen LogP contribution in [0.4, 0.5) is 0 Å². The first-order valence-corrected chi connectivity index (χ1v) is 9.86. The lowest BCUT2D eigenvalue weighted by Crippen LogP contribution is -2.41. The third-order valence-corrected chi connectivity index (χ3v) is 8.54. The highest BCUT2D eigenvalue weighted by molar-refractivity contribution is 6.74. The summed E-state index contributed by atoms with van der Waals surface area (Å²) >= 11 is 0. The number of carboxylic acids is 1. The molecule has 0 bridgehead atoms. The Bertz CT molecular complexity index is 466. The Kier molecular flexibility index (Phi) is 5.47. The molecule has 0 atom stereocenters. The van der Waals surface area contributed by atoms with Gasteiger partial charge in [0, 0.05) is 19.0 Å². The Morgan fingerprint density at radius 2 is 2.05 bits per heavy atom. The van der Waals surface area contributed by atoms with Gasteiger partial charge < -0.3 is 9.53 Å². The van der Waals surface area contributed by atoms with Crippen molar-refractivity contribution in [2.45, 2.75) is 51.7 Å². The van der Waals surface area contributed by atoms with E-state index in [2.05, 4.69) is 38.8 Å². The first-order chi connectivity index (χ1) is 9.15. The van der Waals surface area contributed by atoms with Gasteiger partial charge in [0.05, 0.1) is 5.56 Å². The smallest absolute Gasteiger partial charge is 0.337 e. The quantitative estimate of drug-likeness (QED) is 0.641. The molecule has 0 spiro atoms. The summed E-state index contributed by atoms with van der Waals surface area (Å²) in [6, 6.07) is 1.77. The van der Waals surface area contributed by atoms with E-state index in [1.807, 2.05) is 0 Å². The van der Waals surface area contributed by atoms with Crippen molar-refractivity contribution in [1.29, 1.82) is 0 Å². The molecule has 1 rings (SSSR count). The largest absolute Gasteiger partial charge is 0.478 e. The number of aryl methyl sites for hydroxylation is 1. The Morgan fingerprint density at radius 3 is 2.60 bits per heavy atom. The second-order valence-corrected chi connectivity index (χ2v) is 11.4. The molecule has 0 unspecified atom stereocenters. The summed E-state index contributed by atoms with van der Waals surface area (Å²) in [5, 5.41) is 9.30. The highest BCUT2D eigenvalue weighted by Gasteiger charge is 2.36. The average molecular weight is 295 g/mol. The summed E-state index contributed by atoms with van der Waals surface area (Å²) in [6.07, 6.45) is 4.58. The second kappa shape index (κ2) is 6.50. The van der Waals surface area contributed by atoms with Gasteiger partial charge in [0.25, 0.3) is 0 Å². The zero-order valence-electron chi connectivity index (χ0n) is 13.1. The van der Waals surface area contributed by atoms with E-state index < -0.39 is 14.3 Å². The van der Waals surface area contributed by atoms with E-state index in [9.17, 15) is 4.79 Å². The van der Waals surface area contributed by atoms with E-state index >= 15 is 0 Å². The molecule has 1 aromatic heterocycles. The second-order valence-electron chi connectivity index (χ2n) is 6.55. The lowest BCUT2D eigenvalue weighted by Gasteiger charge is -2.36. The minimum absolute atomic E-state index is 0.204. The Hall–Kier alpha value is -1.20. The fourth-order valence-corrected chi connectivity index (χ4v) is 2.73. The topological polar surface area (TPSA) is 59.4 Å². The molecule has 0 saturated heterocycles. The minimum Gasteiger partial charge on any atom is -0.478 e. The molecule has 0 fully saturated rings. The highest BCUT2D eigenvalue weighted by Crippen LogP contribution is 2.36. The van der Waals surface area contributed by atoms with Gasteiger partial charge in [-0.15, -0.1) is 0 Å². The van der Waals surface area contributed by atoms with E-state index in [-0.39, 0.29) is 5.04 Å². The Balaban J connectivity index is 2.52. The number of pyridine rings is 1. The molecular weight excluding hydrogens is 270 g/mol. The zero-order valence-corrected chi connectivity index (χ0v) is 14.1. The predicted octanol–water partition coefficient (Wildman–Crippen LogP) is 3.73. The number of hydrogen-bond donors (Lipinski definition) is 1. The maximum atomic E-state index is 11.1. The first kappa shape index (κ1) is 16.9. The molecule has 1 heterocycles.